The lowest BCUT2D eigenvalue weighted by Crippen LogP contribution is -2.46. The Morgan fingerprint density at radius 1 is 1.11 bits per heavy atom. The van der Waals surface area contributed by atoms with Crippen LogP contribution < -0.4 is 16.0 Å². The van der Waals surface area contributed by atoms with E-state index >= 15 is 0 Å². The third-order valence-electron chi connectivity index (χ3n) is 3.40. The van der Waals surface area contributed by atoms with Crippen LogP contribution >= 0.6 is 0 Å². The van der Waals surface area contributed by atoms with E-state index in [0.29, 0.717) is 5.69 Å². The quantitative estimate of drug-likeness (QED) is 0.502. The highest BCUT2D eigenvalue weighted by Gasteiger charge is 2.34. The first-order valence-corrected chi connectivity index (χ1v) is 8.32. The number of imide groups is 1. The lowest BCUT2D eigenvalue weighted by Gasteiger charge is -2.14. The first kappa shape index (κ1) is 20.0. The number of carbonyl (C=O) groups excluding carboxylic acids is 4. The van der Waals surface area contributed by atoms with Crippen LogP contribution in [0, 0.1) is 0 Å². The normalized spacial score (nSPS) is 14.4. The number of hydrogen-bond donors (Lipinski definition) is 3. The fourth-order valence-corrected chi connectivity index (χ4v) is 2.15. The van der Waals surface area contributed by atoms with Crippen molar-refractivity contribution in [3.63, 3.8) is 0 Å². The number of benzene rings is 1. The van der Waals surface area contributed by atoms with Crippen LogP contribution in [0.15, 0.2) is 41.8 Å². The molecule has 3 amide bonds. The van der Waals surface area contributed by atoms with Gasteiger partial charge in [0.1, 0.15) is 0 Å². The number of amides is 3. The van der Waals surface area contributed by atoms with E-state index in [1.165, 1.54) is 6.92 Å². The van der Waals surface area contributed by atoms with Gasteiger partial charge in [-0.25, -0.2) is 9.59 Å². The molecule has 0 fully saturated rings. The standard InChI is InChI=1S/C18H21N3O6/c1-10(2)19-18(25)21-15(23)11(3)27-17(24)14-13(22)9-26-16(14)20-12-7-5-4-6-8-12/h4-8,10-11,20H,9H2,1-3H3,(H2,19,21,23,25)/t11-/m1/s1. The molecule has 0 saturated carbocycles. The van der Waals surface area contributed by atoms with Crippen molar-refractivity contribution in [3.05, 3.63) is 41.8 Å². The average molecular weight is 375 g/mol. The van der Waals surface area contributed by atoms with Crippen molar-refractivity contribution in [2.75, 3.05) is 11.9 Å². The summed E-state index contributed by atoms with van der Waals surface area (Å²) < 4.78 is 10.2. The van der Waals surface area contributed by atoms with E-state index in [4.69, 9.17) is 9.47 Å². The van der Waals surface area contributed by atoms with Crippen molar-refractivity contribution < 1.29 is 28.7 Å². The van der Waals surface area contributed by atoms with Crippen LogP contribution in [-0.2, 0) is 23.9 Å². The highest BCUT2D eigenvalue weighted by molar-refractivity contribution is 6.20. The predicted octanol–water partition coefficient (Wildman–Crippen LogP) is 1.08. The molecule has 3 N–H and O–H groups in total. The summed E-state index contributed by atoms with van der Waals surface area (Å²) in [7, 11) is 0. The van der Waals surface area contributed by atoms with Gasteiger partial charge in [-0.1, -0.05) is 18.2 Å². The Morgan fingerprint density at radius 2 is 1.78 bits per heavy atom. The van der Waals surface area contributed by atoms with Gasteiger partial charge in [-0.2, -0.15) is 0 Å². The topological polar surface area (TPSA) is 123 Å². The molecular weight excluding hydrogens is 354 g/mol. The van der Waals surface area contributed by atoms with E-state index in [2.05, 4.69) is 16.0 Å². The third kappa shape index (κ3) is 5.56. The van der Waals surface area contributed by atoms with Crippen molar-refractivity contribution in [2.24, 2.45) is 0 Å². The molecule has 0 spiro atoms. The molecule has 1 aliphatic heterocycles. The van der Waals surface area contributed by atoms with E-state index in [-0.39, 0.29) is 24.1 Å². The van der Waals surface area contributed by atoms with E-state index in [0.717, 1.165) is 0 Å². The minimum Gasteiger partial charge on any atom is -0.470 e. The Bertz CT molecular complexity index is 773. The highest BCUT2D eigenvalue weighted by atomic mass is 16.6. The van der Waals surface area contributed by atoms with Crippen LogP contribution in [0.25, 0.3) is 0 Å². The maximum absolute atomic E-state index is 12.3. The molecule has 27 heavy (non-hydrogen) atoms. The van der Waals surface area contributed by atoms with E-state index in [9.17, 15) is 19.2 Å². The molecule has 9 heteroatoms. The summed E-state index contributed by atoms with van der Waals surface area (Å²) in [6, 6.07) is 7.94. The van der Waals surface area contributed by atoms with Crippen LogP contribution in [0.5, 0.6) is 0 Å². The molecule has 1 heterocycles. The molecule has 9 nitrogen and oxygen atoms in total. The summed E-state index contributed by atoms with van der Waals surface area (Å²) >= 11 is 0. The molecule has 2 rings (SSSR count). The highest BCUT2D eigenvalue weighted by Crippen LogP contribution is 2.21. The minimum absolute atomic E-state index is 0.0404. The summed E-state index contributed by atoms with van der Waals surface area (Å²) in [6.45, 7) is 4.44. The monoisotopic (exact) mass is 375 g/mol. The fourth-order valence-electron chi connectivity index (χ4n) is 2.15. The first-order chi connectivity index (χ1) is 12.8. The van der Waals surface area contributed by atoms with Gasteiger partial charge in [-0.05, 0) is 32.9 Å². The smallest absolute Gasteiger partial charge is 0.348 e. The van der Waals surface area contributed by atoms with Crippen molar-refractivity contribution in [2.45, 2.75) is 32.9 Å². The molecule has 1 atom stereocenters. The minimum atomic E-state index is -1.28. The van der Waals surface area contributed by atoms with E-state index in [1.807, 2.05) is 6.07 Å². The van der Waals surface area contributed by atoms with Crippen LogP contribution in [0.2, 0.25) is 0 Å². The van der Waals surface area contributed by atoms with Gasteiger partial charge in [0.2, 0.25) is 11.7 Å². The van der Waals surface area contributed by atoms with Crippen molar-refractivity contribution in [1.82, 2.24) is 10.6 Å². The number of ketones is 1. The zero-order valence-corrected chi connectivity index (χ0v) is 15.2. The average Bonchev–Trinajstić information content (AvgIpc) is 2.95. The molecular formula is C18H21N3O6. The molecule has 0 bridgehead atoms. The lowest BCUT2D eigenvalue weighted by atomic mass is 10.2. The Labute approximate surface area is 156 Å². The molecule has 1 aromatic rings. The Morgan fingerprint density at radius 3 is 2.41 bits per heavy atom. The molecule has 1 aliphatic rings. The number of nitrogens with one attached hydrogen (secondary N) is 3. The largest absolute Gasteiger partial charge is 0.470 e. The maximum atomic E-state index is 12.3. The summed E-state index contributed by atoms with van der Waals surface area (Å²) in [4.78, 5) is 47.8. The summed E-state index contributed by atoms with van der Waals surface area (Å²) in [6.07, 6.45) is -1.28. The number of urea groups is 1. The molecule has 144 valence electrons. The van der Waals surface area contributed by atoms with Crippen molar-refractivity contribution in [1.29, 1.82) is 0 Å². The maximum Gasteiger partial charge on any atom is 0.348 e. The van der Waals surface area contributed by atoms with Gasteiger partial charge in [-0.3, -0.25) is 14.9 Å². The number of esters is 1. The third-order valence-corrected chi connectivity index (χ3v) is 3.40. The number of ether oxygens (including phenoxy) is 2. The van der Waals surface area contributed by atoms with Gasteiger partial charge in [0.15, 0.2) is 18.3 Å². The molecule has 1 aromatic carbocycles. The molecule has 0 radical (unpaired) electrons. The summed E-state index contributed by atoms with van der Waals surface area (Å²) in [5.74, 6) is -2.43. The lowest BCUT2D eigenvalue weighted by molar-refractivity contribution is -0.151. The Balaban J connectivity index is 2.03. The molecule has 0 unspecified atom stereocenters. The van der Waals surface area contributed by atoms with Gasteiger partial charge >= 0.3 is 12.0 Å². The first-order valence-electron chi connectivity index (χ1n) is 8.32. The number of para-hydroxylation sites is 1. The Hall–Kier alpha value is -3.36. The fraction of sp³-hybridized carbons (Fsp3) is 0.333. The Kier molecular flexibility index (Phi) is 6.53. The van der Waals surface area contributed by atoms with E-state index < -0.39 is 29.8 Å². The van der Waals surface area contributed by atoms with Crippen LogP contribution in [0.1, 0.15) is 20.8 Å². The number of hydrogen-bond acceptors (Lipinski definition) is 7. The van der Waals surface area contributed by atoms with Crippen molar-refractivity contribution in [3.8, 4) is 0 Å². The van der Waals surface area contributed by atoms with Crippen LogP contribution in [-0.4, -0.2) is 42.4 Å². The second kappa shape index (κ2) is 8.84. The summed E-state index contributed by atoms with van der Waals surface area (Å²) in [5, 5.41) is 7.36. The predicted molar refractivity (Wildman–Crippen MR) is 95.4 cm³/mol. The van der Waals surface area contributed by atoms with E-state index in [1.54, 1.807) is 38.1 Å². The number of rotatable bonds is 6. The van der Waals surface area contributed by atoms with Gasteiger partial charge in [0.05, 0.1) is 0 Å². The zero-order chi connectivity index (χ0) is 20.0. The summed E-state index contributed by atoms with van der Waals surface area (Å²) in [5.41, 5.74) is 0.300. The molecule has 0 aliphatic carbocycles. The van der Waals surface area contributed by atoms with Crippen LogP contribution in [0.4, 0.5) is 10.5 Å². The SMILES string of the molecule is CC(C)NC(=O)NC(=O)[C@@H](C)OC(=O)C1=C(Nc2ccccc2)OCC1=O. The van der Waals surface area contributed by atoms with Gasteiger partial charge in [-0.15, -0.1) is 0 Å². The zero-order valence-electron chi connectivity index (χ0n) is 15.2. The second-order valence-electron chi connectivity index (χ2n) is 6.07. The number of Topliss-reactive ketones (excluding diaryl/α,β-unsaturated/α-hetero) is 1. The van der Waals surface area contributed by atoms with Crippen molar-refractivity contribution >= 4 is 29.4 Å². The number of carbonyl (C=O) groups is 4. The molecule has 0 saturated heterocycles. The van der Waals surface area contributed by atoms with Gasteiger partial charge < -0.3 is 20.1 Å². The molecule has 0 aromatic heterocycles. The van der Waals surface area contributed by atoms with Gasteiger partial charge in [0, 0.05) is 11.7 Å². The second-order valence-corrected chi connectivity index (χ2v) is 6.07. The van der Waals surface area contributed by atoms with Gasteiger partial charge in [0.25, 0.3) is 5.91 Å². The number of anilines is 1. The van der Waals surface area contributed by atoms with Crippen LogP contribution in [0.3, 0.4) is 0 Å².